The number of ether oxygens (including phenoxy) is 2. The molecule has 2 aromatic carbocycles. The molecule has 0 unspecified atom stereocenters. The summed E-state index contributed by atoms with van der Waals surface area (Å²) in [6.45, 7) is 10.4. The van der Waals surface area contributed by atoms with Crippen molar-refractivity contribution in [3.8, 4) is 28.4 Å². The number of benzene rings is 2. The highest BCUT2D eigenvalue weighted by molar-refractivity contribution is 5.95. The summed E-state index contributed by atoms with van der Waals surface area (Å²) in [4.78, 5) is 18.0. The molecule has 33 heavy (non-hydrogen) atoms. The van der Waals surface area contributed by atoms with Gasteiger partial charge in [0.2, 0.25) is 0 Å². The molecule has 0 bridgehead atoms. The minimum atomic E-state index is -0.00196. The number of carbonyl (C=O) groups excluding carboxylic acids is 1. The van der Waals surface area contributed by atoms with Gasteiger partial charge in [-0.1, -0.05) is 19.1 Å². The summed E-state index contributed by atoms with van der Waals surface area (Å²) < 4.78 is 12.7. The van der Waals surface area contributed by atoms with Crippen molar-refractivity contribution in [2.24, 2.45) is 0 Å². The number of piperazine rings is 1. The Morgan fingerprint density at radius 3 is 2.39 bits per heavy atom. The molecule has 0 radical (unpaired) electrons. The molecule has 1 aliphatic rings. The first-order valence-corrected chi connectivity index (χ1v) is 11.4. The van der Waals surface area contributed by atoms with E-state index >= 15 is 0 Å². The molecule has 1 amide bonds. The van der Waals surface area contributed by atoms with E-state index in [4.69, 9.17) is 14.6 Å². The van der Waals surface area contributed by atoms with Gasteiger partial charge in [0, 0.05) is 37.8 Å². The highest BCUT2D eigenvalue weighted by Gasteiger charge is 2.27. The van der Waals surface area contributed by atoms with E-state index in [1.54, 1.807) is 18.9 Å². The van der Waals surface area contributed by atoms with Crippen LogP contribution in [0.25, 0.3) is 16.9 Å². The number of amides is 1. The Morgan fingerprint density at radius 2 is 1.73 bits per heavy atom. The van der Waals surface area contributed by atoms with Crippen LogP contribution in [-0.2, 0) is 0 Å². The molecule has 0 N–H and O–H groups in total. The van der Waals surface area contributed by atoms with Crippen molar-refractivity contribution in [2.75, 3.05) is 46.9 Å². The van der Waals surface area contributed by atoms with Crippen LogP contribution < -0.4 is 9.47 Å². The fourth-order valence-corrected chi connectivity index (χ4v) is 4.24. The van der Waals surface area contributed by atoms with Crippen molar-refractivity contribution in [2.45, 2.75) is 20.8 Å². The minimum absolute atomic E-state index is 0.00196. The smallest absolute Gasteiger partial charge is 0.272 e. The Balaban J connectivity index is 1.81. The lowest BCUT2D eigenvalue weighted by atomic mass is 10.1. The van der Waals surface area contributed by atoms with E-state index < -0.39 is 0 Å². The van der Waals surface area contributed by atoms with Gasteiger partial charge in [-0.3, -0.25) is 4.79 Å². The van der Waals surface area contributed by atoms with Crippen LogP contribution >= 0.6 is 0 Å². The number of nitrogens with zero attached hydrogens (tertiary/aromatic N) is 4. The number of hydrogen-bond donors (Lipinski definition) is 0. The van der Waals surface area contributed by atoms with Crippen molar-refractivity contribution in [1.82, 2.24) is 19.6 Å². The van der Waals surface area contributed by atoms with Crippen LogP contribution in [0.15, 0.2) is 42.5 Å². The molecule has 1 aliphatic heterocycles. The molecule has 7 heteroatoms. The predicted molar refractivity (Wildman–Crippen MR) is 130 cm³/mol. The second-order valence-electron chi connectivity index (χ2n) is 8.41. The Bertz CT molecular complexity index is 1150. The second kappa shape index (κ2) is 9.67. The zero-order chi connectivity index (χ0) is 23.5. The van der Waals surface area contributed by atoms with E-state index in [1.807, 2.05) is 43.0 Å². The first-order chi connectivity index (χ1) is 15.9. The van der Waals surface area contributed by atoms with Crippen LogP contribution in [0, 0.1) is 13.8 Å². The number of likely N-dealkylation sites (N-methyl/N-ethyl adjacent to an activating group) is 1. The van der Waals surface area contributed by atoms with Gasteiger partial charge < -0.3 is 19.3 Å². The van der Waals surface area contributed by atoms with E-state index in [-0.39, 0.29) is 5.91 Å². The van der Waals surface area contributed by atoms with Crippen LogP contribution in [-0.4, -0.2) is 72.4 Å². The maximum absolute atomic E-state index is 13.7. The molecule has 7 nitrogen and oxygen atoms in total. The van der Waals surface area contributed by atoms with Gasteiger partial charge in [0.15, 0.2) is 0 Å². The van der Waals surface area contributed by atoms with Crippen LogP contribution in [0.5, 0.6) is 11.5 Å². The van der Waals surface area contributed by atoms with Gasteiger partial charge in [-0.2, -0.15) is 5.10 Å². The Labute approximate surface area is 195 Å². The van der Waals surface area contributed by atoms with Gasteiger partial charge in [0.1, 0.15) is 17.2 Å². The largest absolute Gasteiger partial charge is 0.497 e. The predicted octanol–water partition coefficient (Wildman–Crippen LogP) is 3.95. The standard InChI is InChI=1S/C26H32N4O3/c1-6-28-11-13-29(14-12-28)26(31)24-17-22(21-10-9-20(32-4)16-25(21)33-5)27-30(24)23-15-18(2)7-8-19(23)3/h7-10,15-17H,6,11-14H2,1-5H3. The fraction of sp³-hybridized carbons (Fsp3) is 0.385. The first kappa shape index (κ1) is 22.9. The number of rotatable bonds is 6. The number of methoxy groups -OCH3 is 2. The first-order valence-electron chi connectivity index (χ1n) is 11.4. The van der Waals surface area contributed by atoms with Gasteiger partial charge in [-0.05, 0) is 55.8 Å². The summed E-state index contributed by atoms with van der Waals surface area (Å²) >= 11 is 0. The van der Waals surface area contributed by atoms with Crippen molar-refractivity contribution in [3.05, 3.63) is 59.3 Å². The Morgan fingerprint density at radius 1 is 0.970 bits per heavy atom. The van der Waals surface area contributed by atoms with Crippen LogP contribution in [0.3, 0.4) is 0 Å². The third-order valence-corrected chi connectivity index (χ3v) is 6.31. The summed E-state index contributed by atoms with van der Waals surface area (Å²) in [5.74, 6) is 1.35. The van der Waals surface area contributed by atoms with Gasteiger partial charge in [0.05, 0.1) is 25.6 Å². The third-order valence-electron chi connectivity index (χ3n) is 6.31. The normalized spacial score (nSPS) is 14.4. The summed E-state index contributed by atoms with van der Waals surface area (Å²) in [5, 5.41) is 4.90. The number of aryl methyl sites for hydroxylation is 2. The Kier molecular flexibility index (Phi) is 6.70. The molecule has 0 aliphatic carbocycles. The molecule has 0 saturated carbocycles. The fourth-order valence-electron chi connectivity index (χ4n) is 4.24. The molecule has 1 saturated heterocycles. The SMILES string of the molecule is CCN1CCN(C(=O)c2cc(-c3ccc(OC)cc3OC)nn2-c2cc(C)ccc2C)CC1. The van der Waals surface area contributed by atoms with Crippen molar-refractivity contribution in [3.63, 3.8) is 0 Å². The second-order valence-corrected chi connectivity index (χ2v) is 8.41. The molecular weight excluding hydrogens is 416 g/mol. The van der Waals surface area contributed by atoms with Gasteiger partial charge in [0.25, 0.3) is 5.91 Å². The van der Waals surface area contributed by atoms with E-state index in [1.165, 1.54) is 0 Å². The Hall–Kier alpha value is -3.32. The lowest BCUT2D eigenvalue weighted by Crippen LogP contribution is -2.48. The molecule has 3 aromatic rings. The topological polar surface area (TPSA) is 59.8 Å². The third kappa shape index (κ3) is 4.59. The molecule has 0 atom stereocenters. The van der Waals surface area contributed by atoms with Gasteiger partial charge in [-0.25, -0.2) is 4.68 Å². The highest BCUT2D eigenvalue weighted by atomic mass is 16.5. The molecule has 1 aromatic heterocycles. The van der Waals surface area contributed by atoms with E-state index in [2.05, 4.69) is 30.0 Å². The molecule has 0 spiro atoms. The minimum Gasteiger partial charge on any atom is -0.497 e. The highest BCUT2D eigenvalue weighted by Crippen LogP contribution is 2.34. The number of aromatic nitrogens is 2. The van der Waals surface area contributed by atoms with Crippen molar-refractivity contribution < 1.29 is 14.3 Å². The average Bonchev–Trinajstić information content (AvgIpc) is 3.29. The summed E-state index contributed by atoms with van der Waals surface area (Å²) in [7, 11) is 3.25. The molecule has 4 rings (SSSR count). The lowest BCUT2D eigenvalue weighted by Gasteiger charge is -2.34. The van der Waals surface area contributed by atoms with Gasteiger partial charge in [-0.15, -0.1) is 0 Å². The maximum atomic E-state index is 13.7. The summed E-state index contributed by atoms with van der Waals surface area (Å²) in [5.41, 5.74) is 5.13. The van der Waals surface area contributed by atoms with Crippen LogP contribution in [0.4, 0.5) is 0 Å². The van der Waals surface area contributed by atoms with Crippen LogP contribution in [0.1, 0.15) is 28.5 Å². The van der Waals surface area contributed by atoms with Crippen molar-refractivity contribution in [1.29, 1.82) is 0 Å². The molecule has 2 heterocycles. The molecular formula is C26H32N4O3. The summed E-state index contributed by atoms with van der Waals surface area (Å²) in [6.07, 6.45) is 0. The zero-order valence-corrected chi connectivity index (χ0v) is 20.1. The van der Waals surface area contributed by atoms with Crippen LogP contribution in [0.2, 0.25) is 0 Å². The molecule has 174 valence electrons. The van der Waals surface area contributed by atoms with E-state index in [0.29, 0.717) is 36.0 Å². The van der Waals surface area contributed by atoms with E-state index in [9.17, 15) is 4.79 Å². The number of carbonyl (C=O) groups is 1. The quantitative estimate of drug-likeness (QED) is 0.572. The molecule has 1 fully saturated rings. The average molecular weight is 449 g/mol. The van der Waals surface area contributed by atoms with Crippen molar-refractivity contribution >= 4 is 5.91 Å². The van der Waals surface area contributed by atoms with E-state index in [0.717, 1.165) is 42.0 Å². The van der Waals surface area contributed by atoms with Gasteiger partial charge >= 0.3 is 0 Å². The lowest BCUT2D eigenvalue weighted by molar-refractivity contribution is 0.0634. The maximum Gasteiger partial charge on any atom is 0.272 e. The summed E-state index contributed by atoms with van der Waals surface area (Å²) in [6, 6.07) is 13.7. The zero-order valence-electron chi connectivity index (χ0n) is 20.1. The monoisotopic (exact) mass is 448 g/mol. The number of hydrogen-bond acceptors (Lipinski definition) is 5.